The number of phenols is 2. The third kappa shape index (κ3) is 3.77. The summed E-state index contributed by atoms with van der Waals surface area (Å²) < 4.78 is 0. The first kappa shape index (κ1) is 11.8. The summed E-state index contributed by atoms with van der Waals surface area (Å²) in [7, 11) is 1.79. The standard InChI is InChI=1S/C11H17NO3/c1-12-7-9(13)4-2-8-3-5-10(14)11(15)6-8/h3,5-6,9,12-15H,2,4,7H2,1H3. The molecule has 0 saturated heterocycles. The maximum Gasteiger partial charge on any atom is 0.157 e. The number of aromatic hydroxyl groups is 2. The van der Waals surface area contributed by atoms with Crippen molar-refractivity contribution in [3.8, 4) is 11.5 Å². The summed E-state index contributed by atoms with van der Waals surface area (Å²) in [5.41, 5.74) is 0.903. The van der Waals surface area contributed by atoms with E-state index in [-0.39, 0.29) is 17.6 Å². The smallest absolute Gasteiger partial charge is 0.157 e. The average Bonchev–Trinajstić information content (AvgIpc) is 2.20. The van der Waals surface area contributed by atoms with E-state index < -0.39 is 0 Å². The Balaban J connectivity index is 2.47. The Morgan fingerprint density at radius 1 is 1.27 bits per heavy atom. The van der Waals surface area contributed by atoms with E-state index in [1.807, 2.05) is 0 Å². The van der Waals surface area contributed by atoms with E-state index in [2.05, 4.69) is 5.32 Å². The Hall–Kier alpha value is -1.26. The lowest BCUT2D eigenvalue weighted by Gasteiger charge is -2.09. The molecule has 0 aliphatic heterocycles. The van der Waals surface area contributed by atoms with Gasteiger partial charge < -0.3 is 20.6 Å². The number of likely N-dealkylation sites (N-methyl/N-ethyl adjacent to an activating group) is 1. The molecule has 84 valence electrons. The van der Waals surface area contributed by atoms with Crippen LogP contribution in [0, 0.1) is 0 Å². The molecular formula is C11H17NO3. The van der Waals surface area contributed by atoms with Crippen molar-refractivity contribution >= 4 is 0 Å². The lowest BCUT2D eigenvalue weighted by Crippen LogP contribution is -2.23. The van der Waals surface area contributed by atoms with Crippen molar-refractivity contribution in [2.24, 2.45) is 0 Å². The Labute approximate surface area is 89.2 Å². The lowest BCUT2D eigenvalue weighted by atomic mass is 10.1. The van der Waals surface area contributed by atoms with Crippen LogP contribution in [0.25, 0.3) is 0 Å². The average molecular weight is 211 g/mol. The highest BCUT2D eigenvalue weighted by Gasteiger charge is 2.05. The molecule has 0 heterocycles. The molecule has 1 aromatic rings. The minimum absolute atomic E-state index is 0.115. The Kier molecular flexibility index (Phi) is 4.39. The fourth-order valence-corrected chi connectivity index (χ4v) is 1.40. The van der Waals surface area contributed by atoms with Gasteiger partial charge in [-0.05, 0) is 37.6 Å². The van der Waals surface area contributed by atoms with Crippen LogP contribution >= 0.6 is 0 Å². The fourth-order valence-electron chi connectivity index (χ4n) is 1.40. The molecule has 0 spiro atoms. The van der Waals surface area contributed by atoms with E-state index in [0.29, 0.717) is 19.4 Å². The highest BCUT2D eigenvalue weighted by atomic mass is 16.3. The number of rotatable bonds is 5. The van der Waals surface area contributed by atoms with Crippen molar-refractivity contribution in [1.29, 1.82) is 0 Å². The minimum atomic E-state index is -0.383. The van der Waals surface area contributed by atoms with Crippen molar-refractivity contribution < 1.29 is 15.3 Å². The summed E-state index contributed by atoms with van der Waals surface area (Å²) in [5.74, 6) is -0.231. The van der Waals surface area contributed by atoms with Crippen LogP contribution in [-0.2, 0) is 6.42 Å². The maximum atomic E-state index is 9.46. The normalized spacial score (nSPS) is 12.7. The van der Waals surface area contributed by atoms with Crippen LogP contribution < -0.4 is 5.32 Å². The number of hydrogen-bond donors (Lipinski definition) is 4. The van der Waals surface area contributed by atoms with Gasteiger partial charge in [-0.25, -0.2) is 0 Å². The molecule has 0 saturated carbocycles. The molecule has 4 N–H and O–H groups in total. The van der Waals surface area contributed by atoms with Crippen LogP contribution in [0.4, 0.5) is 0 Å². The Morgan fingerprint density at radius 3 is 2.60 bits per heavy atom. The summed E-state index contributed by atoms with van der Waals surface area (Å²) in [4.78, 5) is 0. The largest absolute Gasteiger partial charge is 0.504 e. The predicted molar refractivity (Wildman–Crippen MR) is 58.0 cm³/mol. The molecule has 1 rings (SSSR count). The SMILES string of the molecule is CNCC(O)CCc1ccc(O)c(O)c1. The zero-order chi connectivity index (χ0) is 11.3. The van der Waals surface area contributed by atoms with E-state index in [4.69, 9.17) is 5.11 Å². The molecule has 4 heteroatoms. The third-order valence-electron chi connectivity index (χ3n) is 2.25. The molecule has 0 aliphatic rings. The van der Waals surface area contributed by atoms with Gasteiger partial charge in [0.25, 0.3) is 0 Å². The van der Waals surface area contributed by atoms with E-state index in [0.717, 1.165) is 5.56 Å². The second-order valence-electron chi connectivity index (χ2n) is 3.57. The number of phenolic OH excluding ortho intramolecular Hbond substituents is 2. The zero-order valence-corrected chi connectivity index (χ0v) is 8.77. The molecule has 1 aromatic carbocycles. The van der Waals surface area contributed by atoms with E-state index in [1.165, 1.54) is 12.1 Å². The van der Waals surface area contributed by atoms with Crippen molar-refractivity contribution in [3.63, 3.8) is 0 Å². The van der Waals surface area contributed by atoms with Crippen molar-refractivity contribution in [3.05, 3.63) is 23.8 Å². The first-order chi connectivity index (χ1) is 7.13. The van der Waals surface area contributed by atoms with Gasteiger partial charge in [-0.15, -0.1) is 0 Å². The highest BCUT2D eigenvalue weighted by Crippen LogP contribution is 2.25. The first-order valence-corrected chi connectivity index (χ1v) is 4.97. The molecule has 15 heavy (non-hydrogen) atoms. The molecule has 0 aliphatic carbocycles. The number of benzene rings is 1. The summed E-state index contributed by atoms with van der Waals surface area (Å²) >= 11 is 0. The van der Waals surface area contributed by atoms with Crippen LogP contribution in [0.15, 0.2) is 18.2 Å². The van der Waals surface area contributed by atoms with Crippen LogP contribution in [0.1, 0.15) is 12.0 Å². The van der Waals surface area contributed by atoms with Gasteiger partial charge in [0.1, 0.15) is 0 Å². The Bertz CT molecular complexity index is 315. The molecule has 1 atom stereocenters. The number of nitrogens with one attached hydrogen (secondary N) is 1. The molecule has 0 amide bonds. The van der Waals surface area contributed by atoms with Gasteiger partial charge in [-0.3, -0.25) is 0 Å². The molecular weight excluding hydrogens is 194 g/mol. The summed E-state index contributed by atoms with van der Waals surface area (Å²) in [5, 5.41) is 30.7. The minimum Gasteiger partial charge on any atom is -0.504 e. The number of aliphatic hydroxyl groups excluding tert-OH is 1. The number of aliphatic hydroxyl groups is 1. The van der Waals surface area contributed by atoms with Gasteiger partial charge in [0.05, 0.1) is 6.10 Å². The van der Waals surface area contributed by atoms with Crippen LogP contribution in [-0.4, -0.2) is 35.0 Å². The monoisotopic (exact) mass is 211 g/mol. The lowest BCUT2D eigenvalue weighted by molar-refractivity contribution is 0.165. The molecule has 0 bridgehead atoms. The van der Waals surface area contributed by atoms with Crippen molar-refractivity contribution in [2.45, 2.75) is 18.9 Å². The van der Waals surface area contributed by atoms with E-state index in [9.17, 15) is 10.2 Å². The number of hydrogen-bond acceptors (Lipinski definition) is 4. The van der Waals surface area contributed by atoms with Gasteiger partial charge in [0, 0.05) is 6.54 Å². The fraction of sp³-hybridized carbons (Fsp3) is 0.455. The summed E-state index contributed by atoms with van der Waals surface area (Å²) in [6, 6.07) is 4.71. The molecule has 0 radical (unpaired) electrons. The zero-order valence-electron chi connectivity index (χ0n) is 8.77. The second kappa shape index (κ2) is 5.58. The van der Waals surface area contributed by atoms with Crippen LogP contribution in [0.2, 0.25) is 0 Å². The maximum absolute atomic E-state index is 9.46. The second-order valence-corrected chi connectivity index (χ2v) is 3.57. The van der Waals surface area contributed by atoms with Gasteiger partial charge in [-0.1, -0.05) is 6.07 Å². The van der Waals surface area contributed by atoms with Crippen LogP contribution in [0.5, 0.6) is 11.5 Å². The van der Waals surface area contributed by atoms with E-state index in [1.54, 1.807) is 13.1 Å². The first-order valence-electron chi connectivity index (χ1n) is 4.97. The third-order valence-corrected chi connectivity index (χ3v) is 2.25. The Morgan fingerprint density at radius 2 is 2.00 bits per heavy atom. The summed E-state index contributed by atoms with van der Waals surface area (Å²) in [6.45, 7) is 0.560. The van der Waals surface area contributed by atoms with E-state index >= 15 is 0 Å². The topological polar surface area (TPSA) is 72.7 Å². The van der Waals surface area contributed by atoms with Gasteiger partial charge in [0.2, 0.25) is 0 Å². The van der Waals surface area contributed by atoms with Crippen molar-refractivity contribution in [2.75, 3.05) is 13.6 Å². The van der Waals surface area contributed by atoms with Crippen LogP contribution in [0.3, 0.4) is 0 Å². The van der Waals surface area contributed by atoms with Gasteiger partial charge in [-0.2, -0.15) is 0 Å². The van der Waals surface area contributed by atoms with Gasteiger partial charge >= 0.3 is 0 Å². The summed E-state index contributed by atoms with van der Waals surface area (Å²) in [6.07, 6.45) is 0.924. The number of aryl methyl sites for hydroxylation is 1. The quantitative estimate of drug-likeness (QED) is 0.538. The molecule has 0 aromatic heterocycles. The predicted octanol–water partition coefficient (Wildman–Crippen LogP) is 0.611. The molecule has 1 unspecified atom stereocenters. The molecule has 4 nitrogen and oxygen atoms in total. The van der Waals surface area contributed by atoms with Gasteiger partial charge in [0.15, 0.2) is 11.5 Å². The molecule has 0 fully saturated rings. The highest BCUT2D eigenvalue weighted by molar-refractivity contribution is 5.40. The van der Waals surface area contributed by atoms with Crippen molar-refractivity contribution in [1.82, 2.24) is 5.32 Å².